The van der Waals surface area contributed by atoms with Gasteiger partial charge < -0.3 is 14.9 Å². The fourth-order valence-corrected chi connectivity index (χ4v) is 1.76. The van der Waals surface area contributed by atoms with Crippen molar-refractivity contribution >= 4 is 0 Å². The van der Waals surface area contributed by atoms with Crippen molar-refractivity contribution in [1.82, 2.24) is 0 Å². The molecule has 0 aromatic heterocycles. The first kappa shape index (κ1) is 6.58. The molecular weight excluding hydrogens is 132 g/mol. The van der Waals surface area contributed by atoms with Crippen molar-refractivity contribution in [2.24, 2.45) is 5.92 Å². The number of ether oxygens (including phenoxy) is 1. The topological polar surface area (TPSA) is 49.7 Å². The van der Waals surface area contributed by atoms with Crippen LogP contribution in [0.4, 0.5) is 0 Å². The summed E-state index contributed by atoms with van der Waals surface area (Å²) in [4.78, 5) is 0. The Morgan fingerprint density at radius 2 is 2.10 bits per heavy atom. The Labute approximate surface area is 59.6 Å². The molecular formula is C7H12O3. The molecule has 5 unspecified atom stereocenters. The number of aliphatic hydroxyl groups is 2. The average molecular weight is 144 g/mol. The zero-order chi connectivity index (χ0) is 7.52. The van der Waals surface area contributed by atoms with Crippen LogP contribution in [0.15, 0.2) is 0 Å². The van der Waals surface area contributed by atoms with Crippen molar-refractivity contribution in [1.29, 1.82) is 0 Å². The zero-order valence-electron chi connectivity index (χ0n) is 6.11. The highest BCUT2D eigenvalue weighted by Crippen LogP contribution is 2.51. The summed E-state index contributed by atoms with van der Waals surface area (Å²) >= 11 is 0. The first-order chi connectivity index (χ1) is 4.55. The molecule has 5 atom stereocenters. The number of fused-ring (bicyclic) bond motifs is 1. The van der Waals surface area contributed by atoms with Crippen molar-refractivity contribution in [3.8, 4) is 0 Å². The van der Waals surface area contributed by atoms with E-state index in [2.05, 4.69) is 0 Å². The van der Waals surface area contributed by atoms with Gasteiger partial charge in [-0.05, 0) is 13.8 Å². The SMILES string of the molecule is CC1OC2C(O)C2C1(C)O. The lowest BCUT2D eigenvalue weighted by Gasteiger charge is -2.24. The van der Waals surface area contributed by atoms with Gasteiger partial charge in [-0.1, -0.05) is 0 Å². The van der Waals surface area contributed by atoms with Gasteiger partial charge in [0.2, 0.25) is 0 Å². The van der Waals surface area contributed by atoms with Gasteiger partial charge in [-0.15, -0.1) is 0 Å². The van der Waals surface area contributed by atoms with Gasteiger partial charge in [-0.3, -0.25) is 0 Å². The maximum atomic E-state index is 9.66. The Balaban J connectivity index is 2.19. The van der Waals surface area contributed by atoms with Crippen LogP contribution in [0.2, 0.25) is 0 Å². The second kappa shape index (κ2) is 1.55. The molecule has 1 heterocycles. The van der Waals surface area contributed by atoms with Gasteiger partial charge in [0.05, 0.1) is 23.9 Å². The van der Waals surface area contributed by atoms with Crippen LogP contribution >= 0.6 is 0 Å². The van der Waals surface area contributed by atoms with Gasteiger partial charge in [0.15, 0.2) is 0 Å². The summed E-state index contributed by atoms with van der Waals surface area (Å²) in [7, 11) is 0. The Morgan fingerprint density at radius 3 is 2.40 bits per heavy atom. The quantitative estimate of drug-likeness (QED) is 0.482. The van der Waals surface area contributed by atoms with Crippen LogP contribution in [0, 0.1) is 5.92 Å². The molecule has 0 amide bonds. The molecule has 3 nitrogen and oxygen atoms in total. The molecule has 1 saturated carbocycles. The predicted molar refractivity (Wildman–Crippen MR) is 34.5 cm³/mol. The molecule has 2 rings (SSSR count). The molecule has 2 aliphatic rings. The third-order valence-corrected chi connectivity index (χ3v) is 2.78. The van der Waals surface area contributed by atoms with Crippen molar-refractivity contribution < 1.29 is 14.9 Å². The van der Waals surface area contributed by atoms with Gasteiger partial charge in [0.25, 0.3) is 0 Å². The summed E-state index contributed by atoms with van der Waals surface area (Å²) < 4.78 is 5.26. The van der Waals surface area contributed by atoms with Crippen LogP contribution in [-0.4, -0.2) is 34.1 Å². The summed E-state index contributed by atoms with van der Waals surface area (Å²) in [6.07, 6.45) is -0.651. The highest BCUT2D eigenvalue weighted by atomic mass is 16.6. The summed E-state index contributed by atoms with van der Waals surface area (Å²) in [6, 6.07) is 0. The van der Waals surface area contributed by atoms with Crippen molar-refractivity contribution in [2.45, 2.75) is 37.8 Å². The molecule has 0 spiro atoms. The van der Waals surface area contributed by atoms with Gasteiger partial charge >= 0.3 is 0 Å². The predicted octanol–water partition coefficient (Wildman–Crippen LogP) is -0.485. The monoisotopic (exact) mass is 144 g/mol. The normalized spacial score (nSPS) is 66.0. The van der Waals surface area contributed by atoms with E-state index in [0.717, 1.165) is 0 Å². The van der Waals surface area contributed by atoms with Crippen LogP contribution in [0.1, 0.15) is 13.8 Å². The third-order valence-electron chi connectivity index (χ3n) is 2.78. The van der Waals surface area contributed by atoms with Gasteiger partial charge in [0.1, 0.15) is 0 Å². The fourth-order valence-electron chi connectivity index (χ4n) is 1.76. The lowest BCUT2D eigenvalue weighted by Crippen LogP contribution is -2.38. The Kier molecular flexibility index (Phi) is 1.02. The van der Waals surface area contributed by atoms with Gasteiger partial charge in [0, 0.05) is 5.92 Å². The molecule has 1 aliphatic carbocycles. The van der Waals surface area contributed by atoms with Crippen LogP contribution < -0.4 is 0 Å². The van der Waals surface area contributed by atoms with Crippen molar-refractivity contribution in [3.05, 3.63) is 0 Å². The number of hydrogen-bond donors (Lipinski definition) is 2. The van der Waals surface area contributed by atoms with E-state index < -0.39 is 11.7 Å². The molecule has 0 radical (unpaired) electrons. The second-order valence-corrected chi connectivity index (χ2v) is 3.49. The Morgan fingerprint density at radius 1 is 1.50 bits per heavy atom. The molecule has 2 N–H and O–H groups in total. The maximum Gasteiger partial charge on any atom is 0.0957 e. The molecule has 3 heteroatoms. The number of hydrogen-bond acceptors (Lipinski definition) is 3. The highest BCUT2D eigenvalue weighted by Gasteiger charge is 2.67. The number of aliphatic hydroxyl groups excluding tert-OH is 1. The van der Waals surface area contributed by atoms with E-state index in [1.165, 1.54) is 0 Å². The van der Waals surface area contributed by atoms with Crippen LogP contribution in [0.25, 0.3) is 0 Å². The van der Waals surface area contributed by atoms with Crippen LogP contribution in [-0.2, 0) is 4.74 Å². The molecule has 0 aromatic carbocycles. The largest absolute Gasteiger partial charge is 0.390 e. The molecule has 10 heavy (non-hydrogen) atoms. The molecule has 2 fully saturated rings. The summed E-state index contributed by atoms with van der Waals surface area (Å²) in [5.41, 5.74) is -0.815. The molecule has 58 valence electrons. The van der Waals surface area contributed by atoms with E-state index in [-0.39, 0.29) is 18.1 Å². The van der Waals surface area contributed by atoms with E-state index in [4.69, 9.17) is 9.84 Å². The third kappa shape index (κ3) is 0.557. The van der Waals surface area contributed by atoms with Crippen LogP contribution in [0.5, 0.6) is 0 Å². The second-order valence-electron chi connectivity index (χ2n) is 3.49. The van der Waals surface area contributed by atoms with E-state index in [1.807, 2.05) is 6.92 Å². The minimum absolute atomic E-state index is 0.0394. The average Bonchev–Trinajstić information content (AvgIpc) is 2.34. The van der Waals surface area contributed by atoms with E-state index >= 15 is 0 Å². The summed E-state index contributed by atoms with van der Waals surface area (Å²) in [6.45, 7) is 3.55. The molecule has 0 bridgehead atoms. The molecule has 1 saturated heterocycles. The number of rotatable bonds is 0. The molecule has 0 aromatic rings. The minimum Gasteiger partial charge on any atom is -0.390 e. The van der Waals surface area contributed by atoms with E-state index in [0.29, 0.717) is 0 Å². The Hall–Kier alpha value is -0.120. The van der Waals surface area contributed by atoms with Crippen molar-refractivity contribution in [3.63, 3.8) is 0 Å². The van der Waals surface area contributed by atoms with Gasteiger partial charge in [-0.2, -0.15) is 0 Å². The van der Waals surface area contributed by atoms with E-state index in [1.54, 1.807) is 6.92 Å². The zero-order valence-corrected chi connectivity index (χ0v) is 6.11. The first-order valence-electron chi connectivity index (χ1n) is 3.61. The highest BCUT2D eigenvalue weighted by molar-refractivity contribution is 5.16. The van der Waals surface area contributed by atoms with Gasteiger partial charge in [-0.25, -0.2) is 0 Å². The van der Waals surface area contributed by atoms with Crippen LogP contribution in [0.3, 0.4) is 0 Å². The van der Waals surface area contributed by atoms with Crippen molar-refractivity contribution in [2.75, 3.05) is 0 Å². The maximum absolute atomic E-state index is 9.66. The lowest BCUT2D eigenvalue weighted by molar-refractivity contribution is -0.0750. The Bertz CT molecular complexity index is 166. The first-order valence-corrected chi connectivity index (χ1v) is 3.61. The van der Waals surface area contributed by atoms with E-state index in [9.17, 15) is 5.11 Å². The summed E-state index contributed by atoms with van der Waals surface area (Å²) in [5.74, 6) is -0.0394. The standard InChI is InChI=1S/C7H12O3/c1-3-7(2,9)4-5(8)6(4)10-3/h3-6,8-9H,1-2H3. The minimum atomic E-state index is -0.815. The molecule has 1 aliphatic heterocycles. The lowest BCUT2D eigenvalue weighted by atomic mass is 9.96. The fraction of sp³-hybridized carbons (Fsp3) is 1.00. The summed E-state index contributed by atoms with van der Waals surface area (Å²) in [5, 5.41) is 18.8. The smallest absolute Gasteiger partial charge is 0.0957 e.